The van der Waals surface area contributed by atoms with E-state index < -0.39 is 5.54 Å². The van der Waals surface area contributed by atoms with Gasteiger partial charge in [0.15, 0.2) is 0 Å². The van der Waals surface area contributed by atoms with E-state index in [0.717, 1.165) is 52.2 Å². The van der Waals surface area contributed by atoms with Gasteiger partial charge in [-0.05, 0) is 39.5 Å². The summed E-state index contributed by atoms with van der Waals surface area (Å²) >= 11 is 0. The van der Waals surface area contributed by atoms with Gasteiger partial charge in [-0.1, -0.05) is 0 Å². The summed E-state index contributed by atoms with van der Waals surface area (Å²) in [5.74, 6) is 0.293. The van der Waals surface area contributed by atoms with Crippen molar-refractivity contribution in [1.82, 2.24) is 15.1 Å². The van der Waals surface area contributed by atoms with Crippen molar-refractivity contribution in [3.63, 3.8) is 0 Å². The molecule has 1 amide bonds. The van der Waals surface area contributed by atoms with Crippen molar-refractivity contribution in [1.29, 1.82) is 5.26 Å². The van der Waals surface area contributed by atoms with Crippen LogP contribution in [0.25, 0.3) is 0 Å². The van der Waals surface area contributed by atoms with E-state index in [1.807, 2.05) is 13.8 Å². The average molecular weight is 322 g/mol. The van der Waals surface area contributed by atoms with Crippen LogP contribution in [0.5, 0.6) is 0 Å². The topological polar surface area (TPSA) is 68.6 Å². The molecule has 23 heavy (non-hydrogen) atoms. The number of carbonyl (C=O) groups excluding carboxylic acids is 1. The number of piperazine rings is 1. The van der Waals surface area contributed by atoms with E-state index in [2.05, 4.69) is 28.1 Å². The molecular weight excluding hydrogens is 292 g/mol. The van der Waals surface area contributed by atoms with Crippen molar-refractivity contribution in [3.8, 4) is 6.07 Å². The number of amides is 1. The molecule has 0 bridgehead atoms. The molecule has 2 rings (SSSR count). The molecule has 1 saturated carbocycles. The SMILES string of the molecule is CCOCCN1CCN(CC(=O)N[C@](C)(C#N)C2CC2)C[C@H]1C. The second kappa shape index (κ2) is 8.09. The highest BCUT2D eigenvalue weighted by Gasteiger charge is 2.43. The molecule has 2 atom stereocenters. The van der Waals surface area contributed by atoms with Crippen LogP contribution in [0.2, 0.25) is 0 Å². The Bertz CT molecular complexity index is 446. The van der Waals surface area contributed by atoms with Crippen molar-refractivity contribution < 1.29 is 9.53 Å². The number of carbonyl (C=O) groups is 1. The molecule has 1 heterocycles. The molecule has 0 radical (unpaired) electrons. The molecule has 130 valence electrons. The van der Waals surface area contributed by atoms with Crippen LogP contribution in [-0.4, -0.2) is 73.2 Å². The smallest absolute Gasteiger partial charge is 0.235 e. The number of nitrogens with zero attached hydrogens (tertiary/aromatic N) is 3. The molecule has 1 aliphatic heterocycles. The maximum Gasteiger partial charge on any atom is 0.235 e. The number of rotatable bonds is 8. The van der Waals surface area contributed by atoms with Crippen molar-refractivity contribution >= 4 is 5.91 Å². The quantitative estimate of drug-likeness (QED) is 0.671. The van der Waals surface area contributed by atoms with Crippen LogP contribution in [0, 0.1) is 17.2 Å². The van der Waals surface area contributed by atoms with E-state index in [4.69, 9.17) is 4.74 Å². The van der Waals surface area contributed by atoms with Gasteiger partial charge in [-0.15, -0.1) is 0 Å². The second-order valence-corrected chi connectivity index (χ2v) is 6.95. The molecule has 2 aliphatic rings. The highest BCUT2D eigenvalue weighted by molar-refractivity contribution is 5.79. The van der Waals surface area contributed by atoms with Crippen molar-refractivity contribution in [2.75, 3.05) is 45.9 Å². The summed E-state index contributed by atoms with van der Waals surface area (Å²) in [4.78, 5) is 16.9. The minimum absolute atomic E-state index is 0.0316. The van der Waals surface area contributed by atoms with E-state index in [-0.39, 0.29) is 5.91 Å². The Hall–Kier alpha value is -1.16. The highest BCUT2D eigenvalue weighted by Crippen LogP contribution is 2.39. The van der Waals surface area contributed by atoms with Crippen molar-refractivity contribution in [2.24, 2.45) is 5.92 Å². The van der Waals surface area contributed by atoms with Gasteiger partial charge in [-0.25, -0.2) is 0 Å². The number of hydrogen-bond donors (Lipinski definition) is 1. The number of hydrogen-bond acceptors (Lipinski definition) is 5. The normalized spacial score (nSPS) is 25.6. The Morgan fingerprint density at radius 2 is 2.17 bits per heavy atom. The van der Waals surface area contributed by atoms with E-state index in [0.29, 0.717) is 18.5 Å². The summed E-state index contributed by atoms with van der Waals surface area (Å²) in [7, 11) is 0. The average Bonchev–Trinajstić information content (AvgIpc) is 3.34. The van der Waals surface area contributed by atoms with Crippen LogP contribution < -0.4 is 5.32 Å². The molecule has 1 saturated heterocycles. The van der Waals surface area contributed by atoms with Gasteiger partial charge in [-0.2, -0.15) is 5.26 Å². The number of ether oxygens (including phenoxy) is 1. The first-order valence-corrected chi connectivity index (χ1v) is 8.75. The molecular formula is C17H30N4O2. The molecule has 0 aromatic rings. The van der Waals surface area contributed by atoms with E-state index in [9.17, 15) is 10.1 Å². The monoisotopic (exact) mass is 322 g/mol. The molecule has 6 heteroatoms. The molecule has 1 aliphatic carbocycles. The maximum atomic E-state index is 12.3. The zero-order valence-corrected chi connectivity index (χ0v) is 14.7. The summed E-state index contributed by atoms with van der Waals surface area (Å²) in [6, 6.07) is 2.70. The Morgan fingerprint density at radius 1 is 1.43 bits per heavy atom. The highest BCUT2D eigenvalue weighted by atomic mass is 16.5. The minimum Gasteiger partial charge on any atom is -0.380 e. The number of nitriles is 1. The van der Waals surface area contributed by atoms with E-state index >= 15 is 0 Å². The van der Waals surface area contributed by atoms with Crippen LogP contribution >= 0.6 is 0 Å². The predicted octanol–water partition coefficient (Wildman–Crippen LogP) is 0.837. The fourth-order valence-electron chi connectivity index (χ4n) is 3.29. The lowest BCUT2D eigenvalue weighted by atomic mass is 9.98. The molecule has 2 fully saturated rings. The molecule has 0 spiro atoms. The second-order valence-electron chi connectivity index (χ2n) is 6.95. The third-order valence-corrected chi connectivity index (χ3v) is 4.97. The van der Waals surface area contributed by atoms with Crippen LogP contribution in [0.15, 0.2) is 0 Å². The fraction of sp³-hybridized carbons (Fsp3) is 0.882. The molecule has 0 aromatic carbocycles. The van der Waals surface area contributed by atoms with Gasteiger partial charge in [0, 0.05) is 38.8 Å². The van der Waals surface area contributed by atoms with Gasteiger partial charge in [0.1, 0.15) is 5.54 Å². The number of nitrogens with one attached hydrogen (secondary N) is 1. The molecule has 0 aromatic heterocycles. The van der Waals surface area contributed by atoms with Crippen molar-refractivity contribution in [3.05, 3.63) is 0 Å². The molecule has 6 nitrogen and oxygen atoms in total. The van der Waals surface area contributed by atoms with Crippen LogP contribution in [0.3, 0.4) is 0 Å². The first-order valence-electron chi connectivity index (χ1n) is 8.75. The van der Waals surface area contributed by atoms with Crippen molar-refractivity contribution in [2.45, 2.75) is 45.2 Å². The standard InChI is InChI=1S/C17H30N4O2/c1-4-23-10-9-21-8-7-20(11-14(21)2)12-16(22)19-17(3,13-18)15-5-6-15/h14-15H,4-12H2,1-3H3,(H,19,22)/t14-,17-/m1/s1. The van der Waals surface area contributed by atoms with Gasteiger partial charge < -0.3 is 10.1 Å². The zero-order chi connectivity index (χ0) is 16.9. The third kappa shape index (κ3) is 5.17. The van der Waals surface area contributed by atoms with Gasteiger partial charge in [0.2, 0.25) is 5.91 Å². The summed E-state index contributed by atoms with van der Waals surface area (Å²) in [6.45, 7) is 11.6. The van der Waals surface area contributed by atoms with E-state index in [1.165, 1.54) is 0 Å². The van der Waals surface area contributed by atoms with Crippen LogP contribution in [-0.2, 0) is 9.53 Å². The largest absolute Gasteiger partial charge is 0.380 e. The minimum atomic E-state index is -0.692. The van der Waals surface area contributed by atoms with Gasteiger partial charge in [0.25, 0.3) is 0 Å². The lowest BCUT2D eigenvalue weighted by Crippen LogP contribution is -2.56. The summed E-state index contributed by atoms with van der Waals surface area (Å²) in [6.07, 6.45) is 2.08. The zero-order valence-electron chi connectivity index (χ0n) is 14.7. The lowest BCUT2D eigenvalue weighted by Gasteiger charge is -2.39. The predicted molar refractivity (Wildman–Crippen MR) is 88.9 cm³/mol. The third-order valence-electron chi connectivity index (χ3n) is 4.97. The van der Waals surface area contributed by atoms with Gasteiger partial charge in [-0.3, -0.25) is 14.6 Å². The van der Waals surface area contributed by atoms with Crippen LogP contribution in [0.4, 0.5) is 0 Å². The van der Waals surface area contributed by atoms with E-state index in [1.54, 1.807) is 0 Å². The Morgan fingerprint density at radius 3 is 2.74 bits per heavy atom. The van der Waals surface area contributed by atoms with Crippen LogP contribution in [0.1, 0.15) is 33.6 Å². The molecule has 0 unspecified atom stereocenters. The van der Waals surface area contributed by atoms with Gasteiger partial charge >= 0.3 is 0 Å². The maximum absolute atomic E-state index is 12.3. The Labute approximate surface area is 139 Å². The van der Waals surface area contributed by atoms with Gasteiger partial charge in [0.05, 0.1) is 19.2 Å². The Balaban J connectivity index is 1.74. The summed E-state index contributed by atoms with van der Waals surface area (Å²) in [5.41, 5.74) is -0.692. The first-order chi connectivity index (χ1) is 11.0. The first kappa shape index (κ1) is 18.2. The Kier molecular flexibility index (Phi) is 6.40. The summed E-state index contributed by atoms with van der Waals surface area (Å²) < 4.78 is 5.42. The fourth-order valence-corrected chi connectivity index (χ4v) is 3.29. The molecule has 1 N–H and O–H groups in total. The lowest BCUT2D eigenvalue weighted by molar-refractivity contribution is -0.124. The summed E-state index contributed by atoms with van der Waals surface area (Å²) in [5, 5.41) is 12.3.